The number of aryl methyl sites for hydroxylation is 1. The van der Waals surface area contributed by atoms with Crippen LogP contribution in [0.3, 0.4) is 0 Å². The van der Waals surface area contributed by atoms with Crippen molar-refractivity contribution in [1.29, 1.82) is 0 Å². The second-order valence-corrected chi connectivity index (χ2v) is 5.58. The lowest BCUT2D eigenvalue weighted by molar-refractivity contribution is -0.124. The maximum Gasteiger partial charge on any atom is 0.245 e. The highest BCUT2D eigenvalue weighted by molar-refractivity contribution is 5.80. The molecule has 1 heterocycles. The molecule has 2 atom stereocenters. The number of aromatic nitrogens is 4. The Hall–Kier alpha value is -2.35. The molecule has 7 nitrogen and oxygen atoms in total. The lowest BCUT2D eigenvalue weighted by atomic mass is 10.0. The molecule has 0 bridgehead atoms. The van der Waals surface area contributed by atoms with Crippen molar-refractivity contribution in [3.8, 4) is 0 Å². The van der Waals surface area contributed by atoms with Gasteiger partial charge >= 0.3 is 0 Å². The van der Waals surface area contributed by atoms with Crippen molar-refractivity contribution in [3.63, 3.8) is 0 Å². The summed E-state index contributed by atoms with van der Waals surface area (Å²) >= 11 is 0. The maximum atomic E-state index is 13.4. The summed E-state index contributed by atoms with van der Waals surface area (Å²) in [6.07, 6.45) is 0.973. The zero-order valence-corrected chi connectivity index (χ0v) is 13.2. The van der Waals surface area contributed by atoms with Crippen LogP contribution in [0, 0.1) is 12.7 Å². The molecule has 0 spiro atoms. The number of tetrazole rings is 1. The zero-order chi connectivity index (χ0) is 16.8. The largest absolute Gasteiger partial charge is 0.354 e. The summed E-state index contributed by atoms with van der Waals surface area (Å²) < 4.78 is 14.8. The number of amides is 1. The third kappa shape index (κ3) is 4.82. The Bertz CT molecular complexity index is 657. The Morgan fingerprint density at radius 2 is 2.26 bits per heavy atom. The van der Waals surface area contributed by atoms with Gasteiger partial charge in [0.1, 0.15) is 17.7 Å². The number of carbonyl (C=O) groups is 1. The summed E-state index contributed by atoms with van der Waals surface area (Å²) in [4.78, 5) is 12.5. The topological polar surface area (TPSA) is 98.7 Å². The van der Waals surface area contributed by atoms with E-state index in [-0.39, 0.29) is 17.8 Å². The molecule has 1 amide bonds. The average molecular weight is 320 g/mol. The van der Waals surface area contributed by atoms with Crippen molar-refractivity contribution in [1.82, 2.24) is 25.5 Å². The van der Waals surface area contributed by atoms with Crippen LogP contribution >= 0.6 is 0 Å². The molecule has 2 aromatic rings. The van der Waals surface area contributed by atoms with E-state index in [1.807, 2.05) is 6.92 Å². The van der Waals surface area contributed by atoms with Crippen LogP contribution in [0.25, 0.3) is 0 Å². The molecule has 2 rings (SSSR count). The molecule has 0 aliphatic carbocycles. The highest BCUT2D eigenvalue weighted by Crippen LogP contribution is 2.16. The monoisotopic (exact) mass is 320 g/mol. The first-order chi connectivity index (χ1) is 11.0. The third-order valence-electron chi connectivity index (χ3n) is 3.47. The van der Waals surface area contributed by atoms with Crippen molar-refractivity contribution < 1.29 is 9.18 Å². The number of hydrogen-bond acceptors (Lipinski definition) is 5. The predicted octanol–water partition coefficient (Wildman–Crippen LogP) is 0.758. The molecule has 23 heavy (non-hydrogen) atoms. The lowest BCUT2D eigenvalue weighted by Crippen LogP contribution is -2.37. The number of benzene rings is 1. The van der Waals surface area contributed by atoms with Gasteiger partial charge < -0.3 is 11.1 Å². The van der Waals surface area contributed by atoms with E-state index in [1.165, 1.54) is 16.8 Å². The number of nitrogens with two attached hydrogens (primary N) is 1. The number of rotatable bonds is 7. The van der Waals surface area contributed by atoms with E-state index < -0.39 is 6.04 Å². The molecule has 0 aliphatic rings. The summed E-state index contributed by atoms with van der Waals surface area (Å²) in [6, 6.07) is 5.52. The maximum absolute atomic E-state index is 13.4. The van der Waals surface area contributed by atoms with Gasteiger partial charge in [-0.05, 0) is 48.4 Å². The first-order valence-electron chi connectivity index (χ1n) is 7.49. The Kier molecular flexibility index (Phi) is 5.75. The fourth-order valence-corrected chi connectivity index (χ4v) is 2.24. The van der Waals surface area contributed by atoms with Crippen molar-refractivity contribution in [2.45, 2.75) is 38.8 Å². The predicted molar refractivity (Wildman–Crippen MR) is 83.0 cm³/mol. The third-order valence-corrected chi connectivity index (χ3v) is 3.47. The molecule has 3 N–H and O–H groups in total. The van der Waals surface area contributed by atoms with Crippen LogP contribution in [-0.2, 0) is 11.2 Å². The first-order valence-corrected chi connectivity index (χ1v) is 7.49. The fraction of sp³-hybridized carbons (Fsp3) is 0.467. The summed E-state index contributed by atoms with van der Waals surface area (Å²) in [6.45, 7) is 4.06. The second-order valence-electron chi connectivity index (χ2n) is 5.58. The minimum Gasteiger partial charge on any atom is -0.354 e. The Morgan fingerprint density at radius 1 is 1.48 bits per heavy atom. The van der Waals surface area contributed by atoms with Gasteiger partial charge in [0.15, 0.2) is 0 Å². The number of nitrogens with one attached hydrogen (secondary N) is 1. The van der Waals surface area contributed by atoms with Gasteiger partial charge in [0.05, 0.1) is 0 Å². The Morgan fingerprint density at radius 3 is 2.87 bits per heavy atom. The van der Waals surface area contributed by atoms with E-state index >= 15 is 0 Å². The highest BCUT2D eigenvalue weighted by Gasteiger charge is 2.24. The van der Waals surface area contributed by atoms with E-state index in [4.69, 9.17) is 5.73 Å². The molecule has 1 aromatic heterocycles. The lowest BCUT2D eigenvalue weighted by Gasteiger charge is -2.18. The van der Waals surface area contributed by atoms with Gasteiger partial charge in [-0.15, -0.1) is 5.10 Å². The van der Waals surface area contributed by atoms with Gasteiger partial charge in [0, 0.05) is 19.0 Å². The summed E-state index contributed by atoms with van der Waals surface area (Å²) in [5, 5.41) is 14.1. The van der Waals surface area contributed by atoms with Crippen molar-refractivity contribution >= 4 is 5.91 Å². The SMILES string of the molecule is Cc1nnnn1C(Cc1cccc(F)c1)C(=O)NCCC(C)N. The molecule has 2 unspecified atom stereocenters. The van der Waals surface area contributed by atoms with Crippen molar-refractivity contribution in [3.05, 3.63) is 41.5 Å². The standard InChI is InChI=1S/C15H21FN6O/c1-10(17)6-7-18-15(23)14(22-11(2)19-20-21-22)9-12-4-3-5-13(16)8-12/h3-5,8,10,14H,6-7,9,17H2,1-2H3,(H,18,23). The number of hydrogen-bond donors (Lipinski definition) is 2. The minimum absolute atomic E-state index is 0.00624. The van der Waals surface area contributed by atoms with E-state index in [9.17, 15) is 9.18 Å². The molecule has 8 heteroatoms. The van der Waals surface area contributed by atoms with Gasteiger partial charge in [-0.2, -0.15) is 0 Å². The normalized spacial score (nSPS) is 13.6. The van der Waals surface area contributed by atoms with Crippen LogP contribution in [0.2, 0.25) is 0 Å². The van der Waals surface area contributed by atoms with Gasteiger partial charge in [-0.1, -0.05) is 12.1 Å². The summed E-state index contributed by atoms with van der Waals surface area (Å²) in [5.74, 6) is -0.0360. The summed E-state index contributed by atoms with van der Waals surface area (Å²) in [7, 11) is 0. The highest BCUT2D eigenvalue weighted by atomic mass is 19.1. The second kappa shape index (κ2) is 7.77. The van der Waals surface area contributed by atoms with Crippen LogP contribution in [0.15, 0.2) is 24.3 Å². The molecule has 0 fully saturated rings. The van der Waals surface area contributed by atoms with Gasteiger partial charge in [0.25, 0.3) is 0 Å². The molecule has 0 saturated carbocycles. The van der Waals surface area contributed by atoms with Crippen LogP contribution in [0.4, 0.5) is 4.39 Å². The van der Waals surface area contributed by atoms with Crippen molar-refractivity contribution in [2.24, 2.45) is 5.73 Å². The zero-order valence-electron chi connectivity index (χ0n) is 13.2. The Labute approximate surface area is 134 Å². The molecule has 0 radical (unpaired) electrons. The minimum atomic E-state index is -0.639. The molecule has 0 aliphatic heterocycles. The smallest absolute Gasteiger partial charge is 0.245 e. The van der Waals surface area contributed by atoms with Crippen LogP contribution in [0.5, 0.6) is 0 Å². The van der Waals surface area contributed by atoms with Crippen LogP contribution < -0.4 is 11.1 Å². The number of halogens is 1. The van der Waals surface area contributed by atoms with E-state index in [1.54, 1.807) is 19.1 Å². The number of carbonyl (C=O) groups excluding carboxylic acids is 1. The summed E-state index contributed by atoms with van der Waals surface area (Å²) in [5.41, 5.74) is 6.38. The number of nitrogens with zero attached hydrogens (tertiary/aromatic N) is 4. The molecular formula is C15H21FN6O. The van der Waals surface area contributed by atoms with Gasteiger partial charge in [-0.3, -0.25) is 4.79 Å². The fourth-order valence-electron chi connectivity index (χ4n) is 2.24. The Balaban J connectivity index is 2.15. The van der Waals surface area contributed by atoms with E-state index in [2.05, 4.69) is 20.8 Å². The van der Waals surface area contributed by atoms with E-state index in [0.717, 1.165) is 0 Å². The molecule has 124 valence electrons. The van der Waals surface area contributed by atoms with Crippen LogP contribution in [0.1, 0.15) is 30.8 Å². The van der Waals surface area contributed by atoms with Crippen LogP contribution in [-0.4, -0.2) is 38.7 Å². The average Bonchev–Trinajstić information content (AvgIpc) is 2.90. The molecular weight excluding hydrogens is 299 g/mol. The quantitative estimate of drug-likeness (QED) is 0.784. The van der Waals surface area contributed by atoms with E-state index in [0.29, 0.717) is 30.8 Å². The van der Waals surface area contributed by atoms with Gasteiger partial charge in [0.2, 0.25) is 5.91 Å². The molecule has 0 saturated heterocycles. The van der Waals surface area contributed by atoms with Gasteiger partial charge in [-0.25, -0.2) is 9.07 Å². The van der Waals surface area contributed by atoms with Crippen molar-refractivity contribution in [2.75, 3.05) is 6.54 Å². The molecule has 1 aromatic carbocycles. The first kappa shape index (κ1) is 17.0.